The average Bonchev–Trinajstić information content (AvgIpc) is 2.62. The van der Waals surface area contributed by atoms with Crippen molar-refractivity contribution in [2.45, 2.75) is 26.4 Å². The largest absolute Gasteiger partial charge is 0.444 e. The van der Waals surface area contributed by atoms with Gasteiger partial charge in [0, 0.05) is 43.2 Å². The molecule has 1 aliphatic rings. The minimum absolute atomic E-state index is 0.429. The van der Waals surface area contributed by atoms with E-state index in [1.165, 1.54) is 11.4 Å². The van der Waals surface area contributed by atoms with Crippen LogP contribution >= 0.6 is 0 Å². The van der Waals surface area contributed by atoms with Gasteiger partial charge in [0.05, 0.1) is 0 Å². The van der Waals surface area contributed by atoms with Gasteiger partial charge >= 0.3 is 6.09 Å². The fraction of sp³-hybridized carbons (Fsp3) is 0.381. The first-order valence-electron chi connectivity index (χ1n) is 9.06. The molecule has 1 fully saturated rings. The lowest BCUT2D eigenvalue weighted by molar-refractivity contribution is 0.0636. The Morgan fingerprint density at radius 1 is 0.846 bits per heavy atom. The van der Waals surface area contributed by atoms with E-state index < -0.39 is 11.7 Å². The van der Waals surface area contributed by atoms with Crippen LogP contribution in [0.5, 0.6) is 0 Å². The number of benzene rings is 2. The molecule has 2 aromatic rings. The van der Waals surface area contributed by atoms with Gasteiger partial charge in [0.2, 0.25) is 0 Å². The first-order valence-corrected chi connectivity index (χ1v) is 9.06. The highest BCUT2D eigenvalue weighted by Crippen LogP contribution is 2.22. The Kier molecular flexibility index (Phi) is 5.35. The van der Waals surface area contributed by atoms with Crippen molar-refractivity contribution >= 4 is 23.2 Å². The maximum Gasteiger partial charge on any atom is 0.412 e. The number of hydrogen-bond donors (Lipinski definition) is 1. The molecule has 2 aromatic carbocycles. The van der Waals surface area contributed by atoms with Gasteiger partial charge in [0.1, 0.15) is 5.60 Å². The molecule has 0 bridgehead atoms. The Bertz CT molecular complexity index is 715. The number of ether oxygens (including phenoxy) is 1. The zero-order chi connectivity index (χ0) is 18.6. The quantitative estimate of drug-likeness (QED) is 0.890. The minimum Gasteiger partial charge on any atom is -0.444 e. The van der Waals surface area contributed by atoms with E-state index in [0.717, 1.165) is 31.9 Å². The molecule has 1 N–H and O–H groups in total. The predicted octanol–water partition coefficient (Wildman–Crippen LogP) is 4.36. The van der Waals surface area contributed by atoms with Crippen LogP contribution < -0.4 is 15.1 Å². The molecule has 1 heterocycles. The summed E-state index contributed by atoms with van der Waals surface area (Å²) in [6, 6.07) is 18.5. The van der Waals surface area contributed by atoms with Crippen LogP contribution in [0.15, 0.2) is 54.6 Å². The van der Waals surface area contributed by atoms with E-state index in [4.69, 9.17) is 4.74 Å². The SMILES string of the molecule is CC(C)(C)OC(=O)Nc1ccc(N2CCN(c3ccccc3)CC2)cc1. The van der Waals surface area contributed by atoms with Crippen molar-refractivity contribution in [3.05, 3.63) is 54.6 Å². The van der Waals surface area contributed by atoms with Gasteiger partial charge in [-0.15, -0.1) is 0 Å². The monoisotopic (exact) mass is 353 g/mol. The van der Waals surface area contributed by atoms with Crippen LogP contribution in [0.4, 0.5) is 21.9 Å². The van der Waals surface area contributed by atoms with Crippen molar-refractivity contribution in [1.82, 2.24) is 0 Å². The second-order valence-corrected chi connectivity index (χ2v) is 7.48. The molecule has 3 rings (SSSR count). The van der Waals surface area contributed by atoms with Crippen molar-refractivity contribution in [3.8, 4) is 0 Å². The van der Waals surface area contributed by atoms with E-state index in [-0.39, 0.29) is 0 Å². The fourth-order valence-electron chi connectivity index (χ4n) is 3.04. The molecule has 0 aromatic heterocycles. The molecule has 1 saturated heterocycles. The van der Waals surface area contributed by atoms with Gasteiger partial charge in [-0.1, -0.05) is 18.2 Å². The summed E-state index contributed by atoms with van der Waals surface area (Å²) >= 11 is 0. The van der Waals surface area contributed by atoms with E-state index in [0.29, 0.717) is 0 Å². The molecule has 5 heteroatoms. The highest BCUT2D eigenvalue weighted by Gasteiger charge is 2.18. The smallest absolute Gasteiger partial charge is 0.412 e. The molecular formula is C21H27N3O2. The van der Waals surface area contributed by atoms with Crippen LogP contribution in [0, 0.1) is 0 Å². The summed E-state index contributed by atoms with van der Waals surface area (Å²) in [7, 11) is 0. The summed E-state index contributed by atoms with van der Waals surface area (Å²) in [5.41, 5.74) is 2.70. The lowest BCUT2D eigenvalue weighted by Gasteiger charge is -2.37. The molecule has 0 radical (unpaired) electrons. The normalized spacial score (nSPS) is 14.9. The number of hydrogen-bond acceptors (Lipinski definition) is 4. The minimum atomic E-state index is -0.498. The summed E-state index contributed by atoms with van der Waals surface area (Å²) in [4.78, 5) is 16.6. The first-order chi connectivity index (χ1) is 12.4. The number of amides is 1. The summed E-state index contributed by atoms with van der Waals surface area (Å²) in [5.74, 6) is 0. The van der Waals surface area contributed by atoms with Gasteiger partial charge < -0.3 is 14.5 Å². The third kappa shape index (κ3) is 4.91. The van der Waals surface area contributed by atoms with E-state index in [1.54, 1.807) is 0 Å². The molecule has 0 aliphatic carbocycles. The molecule has 1 aliphatic heterocycles. The second-order valence-electron chi connectivity index (χ2n) is 7.48. The Morgan fingerprint density at radius 3 is 1.85 bits per heavy atom. The molecule has 0 unspecified atom stereocenters. The van der Waals surface area contributed by atoms with Crippen molar-refractivity contribution < 1.29 is 9.53 Å². The van der Waals surface area contributed by atoms with E-state index in [9.17, 15) is 4.79 Å². The van der Waals surface area contributed by atoms with Gasteiger partial charge in [-0.2, -0.15) is 0 Å². The molecule has 0 saturated carbocycles. The fourth-order valence-corrected chi connectivity index (χ4v) is 3.04. The molecule has 26 heavy (non-hydrogen) atoms. The van der Waals surface area contributed by atoms with Gasteiger partial charge in [0.25, 0.3) is 0 Å². The van der Waals surface area contributed by atoms with Gasteiger partial charge in [-0.3, -0.25) is 5.32 Å². The van der Waals surface area contributed by atoms with E-state index in [1.807, 2.05) is 51.1 Å². The predicted molar refractivity (Wildman–Crippen MR) is 107 cm³/mol. The van der Waals surface area contributed by atoms with Crippen molar-refractivity contribution in [1.29, 1.82) is 0 Å². The number of carbonyl (C=O) groups is 1. The lowest BCUT2D eigenvalue weighted by atomic mass is 10.2. The second kappa shape index (κ2) is 7.68. The average molecular weight is 353 g/mol. The standard InChI is InChI=1S/C21H27N3O2/c1-21(2,3)26-20(25)22-17-9-11-19(12-10-17)24-15-13-23(14-16-24)18-7-5-4-6-8-18/h4-12H,13-16H2,1-3H3,(H,22,25). The van der Waals surface area contributed by atoms with Crippen LogP contribution in [-0.2, 0) is 4.74 Å². The topological polar surface area (TPSA) is 44.8 Å². The van der Waals surface area contributed by atoms with Crippen LogP contribution in [0.2, 0.25) is 0 Å². The molecular weight excluding hydrogens is 326 g/mol. The van der Waals surface area contributed by atoms with Gasteiger partial charge in [0.15, 0.2) is 0 Å². The number of nitrogens with one attached hydrogen (secondary N) is 1. The van der Waals surface area contributed by atoms with Crippen molar-refractivity contribution in [2.75, 3.05) is 41.3 Å². The zero-order valence-corrected chi connectivity index (χ0v) is 15.7. The number of nitrogens with zero attached hydrogens (tertiary/aromatic N) is 2. The molecule has 1 amide bonds. The van der Waals surface area contributed by atoms with Crippen molar-refractivity contribution in [3.63, 3.8) is 0 Å². The summed E-state index contributed by atoms with van der Waals surface area (Å²) in [5, 5.41) is 2.77. The summed E-state index contributed by atoms with van der Waals surface area (Å²) in [6.45, 7) is 9.52. The van der Waals surface area contributed by atoms with Crippen LogP contribution in [0.3, 0.4) is 0 Å². The molecule has 5 nitrogen and oxygen atoms in total. The maximum atomic E-state index is 11.8. The zero-order valence-electron chi connectivity index (χ0n) is 15.7. The van der Waals surface area contributed by atoms with Gasteiger partial charge in [-0.05, 0) is 57.2 Å². The molecule has 0 atom stereocenters. The summed E-state index contributed by atoms with van der Waals surface area (Å²) < 4.78 is 5.28. The summed E-state index contributed by atoms with van der Waals surface area (Å²) in [6.07, 6.45) is -0.429. The number of para-hydroxylation sites is 1. The van der Waals surface area contributed by atoms with E-state index >= 15 is 0 Å². The van der Waals surface area contributed by atoms with Crippen LogP contribution in [0.25, 0.3) is 0 Å². The number of piperazine rings is 1. The van der Waals surface area contributed by atoms with Gasteiger partial charge in [-0.25, -0.2) is 4.79 Å². The number of anilines is 3. The molecule has 138 valence electrons. The Morgan fingerprint density at radius 2 is 1.35 bits per heavy atom. The van der Waals surface area contributed by atoms with Crippen LogP contribution in [-0.4, -0.2) is 37.9 Å². The Labute approximate surface area is 155 Å². The Hall–Kier alpha value is -2.69. The van der Waals surface area contributed by atoms with E-state index in [2.05, 4.69) is 39.4 Å². The number of carbonyl (C=O) groups excluding carboxylic acids is 1. The highest BCUT2D eigenvalue weighted by molar-refractivity contribution is 5.85. The third-order valence-corrected chi connectivity index (χ3v) is 4.28. The third-order valence-electron chi connectivity index (χ3n) is 4.28. The Balaban J connectivity index is 1.54. The van der Waals surface area contributed by atoms with Crippen molar-refractivity contribution in [2.24, 2.45) is 0 Å². The van der Waals surface area contributed by atoms with Crippen LogP contribution in [0.1, 0.15) is 20.8 Å². The number of rotatable bonds is 3. The lowest BCUT2D eigenvalue weighted by Crippen LogP contribution is -2.46. The first kappa shape index (κ1) is 18.1. The maximum absolute atomic E-state index is 11.8. The highest BCUT2D eigenvalue weighted by atomic mass is 16.6. The molecule has 0 spiro atoms.